The molecule has 82 valence electrons. The SMILES string of the molecule is COC(=O)CC[C@H](N)Cc1ccccc1. The minimum absolute atomic E-state index is 0.0199. The predicted molar refractivity (Wildman–Crippen MR) is 59.4 cm³/mol. The Kier molecular flexibility index (Phi) is 4.84. The highest BCUT2D eigenvalue weighted by molar-refractivity contribution is 5.69. The van der Waals surface area contributed by atoms with Crippen molar-refractivity contribution in [1.29, 1.82) is 0 Å². The van der Waals surface area contributed by atoms with E-state index in [0.29, 0.717) is 12.8 Å². The summed E-state index contributed by atoms with van der Waals surface area (Å²) in [6, 6.07) is 10.1. The molecular formula is C12H17NO2. The highest BCUT2D eigenvalue weighted by Gasteiger charge is 2.07. The fourth-order valence-corrected chi connectivity index (χ4v) is 1.42. The molecule has 0 spiro atoms. The largest absolute Gasteiger partial charge is 0.469 e. The molecular weight excluding hydrogens is 190 g/mol. The van der Waals surface area contributed by atoms with E-state index in [1.807, 2.05) is 30.3 Å². The zero-order valence-electron chi connectivity index (χ0n) is 8.98. The topological polar surface area (TPSA) is 52.3 Å². The first kappa shape index (κ1) is 11.7. The van der Waals surface area contributed by atoms with Gasteiger partial charge in [-0.3, -0.25) is 4.79 Å². The van der Waals surface area contributed by atoms with Crippen molar-refractivity contribution in [2.45, 2.75) is 25.3 Å². The molecule has 15 heavy (non-hydrogen) atoms. The predicted octanol–water partition coefficient (Wildman–Crippen LogP) is 1.51. The molecule has 1 atom stereocenters. The zero-order valence-corrected chi connectivity index (χ0v) is 8.98. The van der Waals surface area contributed by atoms with Crippen molar-refractivity contribution in [3.8, 4) is 0 Å². The maximum absolute atomic E-state index is 10.9. The summed E-state index contributed by atoms with van der Waals surface area (Å²) in [6.45, 7) is 0. The van der Waals surface area contributed by atoms with Gasteiger partial charge >= 0.3 is 5.97 Å². The molecule has 1 aromatic carbocycles. The van der Waals surface area contributed by atoms with Gasteiger partial charge in [0, 0.05) is 12.5 Å². The molecule has 0 saturated carbocycles. The van der Waals surface area contributed by atoms with Gasteiger partial charge in [-0.2, -0.15) is 0 Å². The summed E-state index contributed by atoms with van der Waals surface area (Å²) in [5.74, 6) is -0.196. The average Bonchev–Trinajstić information content (AvgIpc) is 2.27. The Bertz CT molecular complexity index is 298. The molecule has 0 amide bonds. The van der Waals surface area contributed by atoms with Crippen LogP contribution < -0.4 is 5.73 Å². The van der Waals surface area contributed by atoms with Crippen LogP contribution in [0.5, 0.6) is 0 Å². The quantitative estimate of drug-likeness (QED) is 0.744. The molecule has 1 rings (SSSR count). The van der Waals surface area contributed by atoms with Crippen molar-refractivity contribution < 1.29 is 9.53 Å². The summed E-state index contributed by atoms with van der Waals surface area (Å²) >= 11 is 0. The van der Waals surface area contributed by atoms with E-state index < -0.39 is 0 Å². The summed E-state index contributed by atoms with van der Waals surface area (Å²) in [5.41, 5.74) is 7.10. The molecule has 0 aliphatic carbocycles. The maximum atomic E-state index is 10.9. The highest BCUT2D eigenvalue weighted by atomic mass is 16.5. The number of nitrogens with two attached hydrogens (primary N) is 1. The highest BCUT2D eigenvalue weighted by Crippen LogP contribution is 2.05. The van der Waals surface area contributed by atoms with Gasteiger partial charge in [0.1, 0.15) is 0 Å². The van der Waals surface area contributed by atoms with Gasteiger partial charge in [0.25, 0.3) is 0 Å². The van der Waals surface area contributed by atoms with E-state index in [-0.39, 0.29) is 12.0 Å². The van der Waals surface area contributed by atoms with Crippen LogP contribution in [0, 0.1) is 0 Å². The number of carbonyl (C=O) groups excluding carboxylic acids is 1. The van der Waals surface area contributed by atoms with E-state index in [1.165, 1.54) is 12.7 Å². The summed E-state index contributed by atoms with van der Waals surface area (Å²) in [5, 5.41) is 0. The zero-order chi connectivity index (χ0) is 11.1. The van der Waals surface area contributed by atoms with E-state index >= 15 is 0 Å². The minimum Gasteiger partial charge on any atom is -0.469 e. The molecule has 0 bridgehead atoms. The van der Waals surface area contributed by atoms with E-state index in [2.05, 4.69) is 4.74 Å². The Morgan fingerprint density at radius 3 is 2.67 bits per heavy atom. The molecule has 0 aromatic heterocycles. The van der Waals surface area contributed by atoms with Crippen LogP contribution in [0.3, 0.4) is 0 Å². The number of benzene rings is 1. The fraction of sp³-hybridized carbons (Fsp3) is 0.417. The van der Waals surface area contributed by atoms with Gasteiger partial charge in [-0.15, -0.1) is 0 Å². The van der Waals surface area contributed by atoms with Crippen LogP contribution in [0.25, 0.3) is 0 Å². The first-order valence-corrected chi connectivity index (χ1v) is 5.08. The molecule has 0 aliphatic rings. The average molecular weight is 207 g/mol. The Balaban J connectivity index is 2.30. The normalized spacial score (nSPS) is 12.1. The number of esters is 1. The standard InChI is InChI=1S/C12H17NO2/c1-15-12(14)8-7-11(13)9-10-5-3-2-4-6-10/h2-6,11H,7-9,13H2,1H3/t11-/m0/s1. The molecule has 0 saturated heterocycles. The van der Waals surface area contributed by atoms with Crippen LogP contribution in [0.1, 0.15) is 18.4 Å². The van der Waals surface area contributed by atoms with Crippen molar-refractivity contribution in [2.75, 3.05) is 7.11 Å². The Morgan fingerprint density at radius 1 is 1.40 bits per heavy atom. The molecule has 0 heterocycles. The van der Waals surface area contributed by atoms with Crippen LogP contribution >= 0.6 is 0 Å². The van der Waals surface area contributed by atoms with Crippen LogP contribution in [-0.2, 0) is 16.0 Å². The molecule has 0 fully saturated rings. The monoisotopic (exact) mass is 207 g/mol. The van der Waals surface area contributed by atoms with E-state index in [9.17, 15) is 4.79 Å². The van der Waals surface area contributed by atoms with Gasteiger partial charge in [-0.05, 0) is 18.4 Å². The van der Waals surface area contributed by atoms with Crippen LogP contribution in [0.15, 0.2) is 30.3 Å². The molecule has 1 aromatic rings. The molecule has 3 nitrogen and oxygen atoms in total. The van der Waals surface area contributed by atoms with Crippen LogP contribution in [0.4, 0.5) is 0 Å². The van der Waals surface area contributed by atoms with E-state index in [1.54, 1.807) is 0 Å². The summed E-state index contributed by atoms with van der Waals surface area (Å²) in [6.07, 6.45) is 1.86. The molecule has 0 radical (unpaired) electrons. The lowest BCUT2D eigenvalue weighted by molar-refractivity contribution is -0.140. The lowest BCUT2D eigenvalue weighted by Crippen LogP contribution is -2.24. The van der Waals surface area contributed by atoms with Crippen molar-refractivity contribution in [3.63, 3.8) is 0 Å². The van der Waals surface area contributed by atoms with Crippen molar-refractivity contribution in [2.24, 2.45) is 5.73 Å². The van der Waals surface area contributed by atoms with E-state index in [0.717, 1.165) is 6.42 Å². The Labute approximate surface area is 90.2 Å². The lowest BCUT2D eigenvalue weighted by Gasteiger charge is -2.10. The third kappa shape index (κ3) is 4.61. The minimum atomic E-state index is -0.196. The summed E-state index contributed by atoms with van der Waals surface area (Å²) in [4.78, 5) is 10.9. The second-order valence-electron chi connectivity index (χ2n) is 3.56. The molecule has 2 N–H and O–H groups in total. The van der Waals surface area contributed by atoms with Gasteiger partial charge in [0.15, 0.2) is 0 Å². The molecule has 0 unspecified atom stereocenters. The van der Waals surface area contributed by atoms with Gasteiger partial charge in [-0.25, -0.2) is 0 Å². The smallest absolute Gasteiger partial charge is 0.305 e. The van der Waals surface area contributed by atoms with Crippen LogP contribution in [0.2, 0.25) is 0 Å². The van der Waals surface area contributed by atoms with Gasteiger partial charge in [-0.1, -0.05) is 30.3 Å². The van der Waals surface area contributed by atoms with Crippen molar-refractivity contribution in [1.82, 2.24) is 0 Å². The van der Waals surface area contributed by atoms with E-state index in [4.69, 9.17) is 5.73 Å². The number of ether oxygens (including phenoxy) is 1. The summed E-state index contributed by atoms with van der Waals surface area (Å²) < 4.78 is 4.56. The lowest BCUT2D eigenvalue weighted by atomic mass is 10.0. The number of hydrogen-bond donors (Lipinski definition) is 1. The molecule has 3 heteroatoms. The number of carbonyl (C=O) groups is 1. The number of hydrogen-bond acceptors (Lipinski definition) is 3. The third-order valence-corrected chi connectivity index (χ3v) is 2.29. The van der Waals surface area contributed by atoms with Gasteiger partial charge < -0.3 is 10.5 Å². The fourth-order valence-electron chi connectivity index (χ4n) is 1.42. The first-order valence-electron chi connectivity index (χ1n) is 5.08. The molecule has 0 aliphatic heterocycles. The second kappa shape index (κ2) is 6.19. The van der Waals surface area contributed by atoms with Crippen molar-refractivity contribution in [3.05, 3.63) is 35.9 Å². The summed E-state index contributed by atoms with van der Waals surface area (Å²) in [7, 11) is 1.39. The first-order chi connectivity index (χ1) is 7.22. The second-order valence-corrected chi connectivity index (χ2v) is 3.56. The third-order valence-electron chi connectivity index (χ3n) is 2.29. The van der Waals surface area contributed by atoms with Crippen LogP contribution in [-0.4, -0.2) is 19.1 Å². The number of methoxy groups -OCH3 is 1. The maximum Gasteiger partial charge on any atom is 0.305 e. The van der Waals surface area contributed by atoms with Gasteiger partial charge in [0.05, 0.1) is 7.11 Å². The van der Waals surface area contributed by atoms with Crippen molar-refractivity contribution >= 4 is 5.97 Å². The Morgan fingerprint density at radius 2 is 2.07 bits per heavy atom. The van der Waals surface area contributed by atoms with Gasteiger partial charge in [0.2, 0.25) is 0 Å². The number of rotatable bonds is 5. The Hall–Kier alpha value is -1.35.